The fourth-order valence-electron chi connectivity index (χ4n) is 2.52. The molecule has 2 aromatic carbocycles. The van der Waals surface area contributed by atoms with Gasteiger partial charge in [0, 0.05) is 19.1 Å². The van der Waals surface area contributed by atoms with Gasteiger partial charge in [-0.1, -0.05) is 42.5 Å². The number of rotatable bonds is 9. The van der Waals surface area contributed by atoms with E-state index in [0.717, 1.165) is 6.54 Å². The van der Waals surface area contributed by atoms with Crippen molar-refractivity contribution in [3.05, 3.63) is 60.2 Å². The van der Waals surface area contributed by atoms with Crippen LogP contribution in [0.15, 0.2) is 54.6 Å². The van der Waals surface area contributed by atoms with Gasteiger partial charge in [0.05, 0.1) is 7.11 Å². The van der Waals surface area contributed by atoms with E-state index in [4.69, 9.17) is 9.47 Å². The summed E-state index contributed by atoms with van der Waals surface area (Å²) < 4.78 is 11.0. The Labute approximate surface area is 144 Å². The van der Waals surface area contributed by atoms with Crippen molar-refractivity contribution < 1.29 is 14.6 Å². The molecule has 0 amide bonds. The summed E-state index contributed by atoms with van der Waals surface area (Å²) in [7, 11) is 1.61. The number of aliphatic hydroxyl groups excluding tert-OH is 1. The fourth-order valence-corrected chi connectivity index (χ4v) is 2.52. The molecule has 0 aliphatic rings. The lowest BCUT2D eigenvalue weighted by atomic mass is 10.1. The number of aliphatic hydroxyl groups is 1. The van der Waals surface area contributed by atoms with E-state index in [2.05, 4.69) is 30.9 Å². The molecule has 24 heavy (non-hydrogen) atoms. The van der Waals surface area contributed by atoms with Crippen molar-refractivity contribution >= 4 is 0 Å². The largest absolute Gasteiger partial charge is 0.493 e. The highest BCUT2D eigenvalue weighted by Gasteiger charge is 2.16. The summed E-state index contributed by atoms with van der Waals surface area (Å²) >= 11 is 0. The van der Waals surface area contributed by atoms with Crippen molar-refractivity contribution in [2.75, 3.05) is 20.3 Å². The Balaban J connectivity index is 1.89. The molecule has 0 aliphatic carbocycles. The van der Waals surface area contributed by atoms with Crippen molar-refractivity contribution in [3.63, 3.8) is 0 Å². The molecule has 130 valence electrons. The molecule has 0 spiro atoms. The van der Waals surface area contributed by atoms with Gasteiger partial charge in [-0.25, -0.2) is 0 Å². The van der Waals surface area contributed by atoms with Crippen LogP contribution in [-0.2, 0) is 6.54 Å². The van der Waals surface area contributed by atoms with Gasteiger partial charge in [0.2, 0.25) is 0 Å². The van der Waals surface area contributed by atoms with Gasteiger partial charge in [0.25, 0.3) is 0 Å². The summed E-state index contributed by atoms with van der Waals surface area (Å²) in [5, 5.41) is 10.4. The fraction of sp³-hybridized carbons (Fsp3) is 0.400. The highest BCUT2D eigenvalue weighted by molar-refractivity contribution is 5.39. The summed E-state index contributed by atoms with van der Waals surface area (Å²) in [5.41, 5.74) is 1.24. The van der Waals surface area contributed by atoms with Crippen LogP contribution in [0.2, 0.25) is 0 Å². The first-order chi connectivity index (χ1) is 11.6. The summed E-state index contributed by atoms with van der Waals surface area (Å²) in [6.45, 7) is 5.87. The van der Waals surface area contributed by atoms with E-state index in [0.29, 0.717) is 24.1 Å². The minimum absolute atomic E-state index is 0.235. The van der Waals surface area contributed by atoms with E-state index in [1.807, 2.05) is 42.5 Å². The van der Waals surface area contributed by atoms with Crippen molar-refractivity contribution in [2.45, 2.75) is 32.5 Å². The molecule has 0 saturated heterocycles. The third-order valence-corrected chi connectivity index (χ3v) is 3.90. The van der Waals surface area contributed by atoms with Gasteiger partial charge >= 0.3 is 0 Å². The molecule has 1 atom stereocenters. The number of methoxy groups -OCH3 is 1. The summed E-state index contributed by atoms with van der Waals surface area (Å²) in [6, 6.07) is 18.1. The molecule has 1 N–H and O–H groups in total. The van der Waals surface area contributed by atoms with E-state index in [1.165, 1.54) is 5.56 Å². The molecule has 0 fully saturated rings. The average molecular weight is 329 g/mol. The van der Waals surface area contributed by atoms with Crippen LogP contribution >= 0.6 is 0 Å². The first-order valence-electron chi connectivity index (χ1n) is 8.32. The maximum Gasteiger partial charge on any atom is 0.161 e. The van der Waals surface area contributed by atoms with Gasteiger partial charge in [-0.05, 0) is 31.5 Å². The molecule has 2 aromatic rings. The smallest absolute Gasteiger partial charge is 0.161 e. The molecular formula is C20H27NO3. The number of hydrogen-bond donors (Lipinski definition) is 1. The van der Waals surface area contributed by atoms with Crippen LogP contribution in [0.1, 0.15) is 19.4 Å². The lowest BCUT2D eigenvalue weighted by Gasteiger charge is -2.29. The summed E-state index contributed by atoms with van der Waals surface area (Å²) in [5.74, 6) is 1.33. The van der Waals surface area contributed by atoms with Crippen molar-refractivity contribution in [2.24, 2.45) is 0 Å². The number of para-hydroxylation sites is 2. The molecule has 4 nitrogen and oxygen atoms in total. The van der Waals surface area contributed by atoms with E-state index in [1.54, 1.807) is 7.11 Å². The van der Waals surface area contributed by atoms with Crippen LogP contribution in [0, 0.1) is 0 Å². The monoisotopic (exact) mass is 329 g/mol. The Morgan fingerprint density at radius 3 is 2.21 bits per heavy atom. The molecule has 2 rings (SSSR count). The van der Waals surface area contributed by atoms with Crippen LogP contribution in [0.4, 0.5) is 0 Å². The predicted molar refractivity (Wildman–Crippen MR) is 96.5 cm³/mol. The quantitative estimate of drug-likeness (QED) is 0.766. The van der Waals surface area contributed by atoms with Gasteiger partial charge in [-0.15, -0.1) is 0 Å². The Bertz CT molecular complexity index is 601. The van der Waals surface area contributed by atoms with Gasteiger partial charge in [0.15, 0.2) is 11.5 Å². The van der Waals surface area contributed by atoms with Crippen LogP contribution in [0.3, 0.4) is 0 Å². The number of nitrogens with zero attached hydrogens (tertiary/aromatic N) is 1. The zero-order chi connectivity index (χ0) is 17.4. The number of benzene rings is 2. The maximum atomic E-state index is 10.4. The number of hydrogen-bond acceptors (Lipinski definition) is 4. The Morgan fingerprint density at radius 1 is 0.958 bits per heavy atom. The third-order valence-electron chi connectivity index (χ3n) is 3.90. The average Bonchev–Trinajstić information content (AvgIpc) is 2.60. The SMILES string of the molecule is COc1ccccc1OCC(O)CN(Cc1ccccc1)C(C)C. The normalized spacial score (nSPS) is 12.4. The predicted octanol–water partition coefficient (Wildman–Crippen LogP) is 3.35. The standard InChI is InChI=1S/C20H27NO3/c1-16(2)21(13-17-9-5-4-6-10-17)14-18(22)15-24-20-12-8-7-11-19(20)23-3/h4-12,16,18,22H,13-15H2,1-3H3. The topological polar surface area (TPSA) is 41.9 Å². The van der Waals surface area contributed by atoms with Crippen molar-refractivity contribution in [3.8, 4) is 11.5 Å². The molecular weight excluding hydrogens is 302 g/mol. The van der Waals surface area contributed by atoms with Gasteiger partial charge in [-0.3, -0.25) is 4.90 Å². The molecule has 0 aromatic heterocycles. The first kappa shape index (κ1) is 18.3. The molecule has 0 bridgehead atoms. The van der Waals surface area contributed by atoms with Gasteiger partial charge in [0.1, 0.15) is 12.7 Å². The molecule has 0 aliphatic heterocycles. The van der Waals surface area contributed by atoms with Crippen LogP contribution in [-0.4, -0.2) is 42.4 Å². The number of ether oxygens (including phenoxy) is 2. The Hall–Kier alpha value is -2.04. The van der Waals surface area contributed by atoms with E-state index in [9.17, 15) is 5.11 Å². The summed E-state index contributed by atoms with van der Waals surface area (Å²) in [6.07, 6.45) is -0.568. The third kappa shape index (κ3) is 5.55. The first-order valence-corrected chi connectivity index (χ1v) is 8.32. The zero-order valence-corrected chi connectivity index (χ0v) is 14.7. The van der Waals surface area contributed by atoms with E-state index in [-0.39, 0.29) is 6.61 Å². The minimum atomic E-state index is -0.568. The highest BCUT2D eigenvalue weighted by atomic mass is 16.5. The Kier molecular flexibility index (Phi) is 7.09. The summed E-state index contributed by atoms with van der Waals surface area (Å²) in [4.78, 5) is 2.24. The molecule has 0 radical (unpaired) electrons. The molecule has 4 heteroatoms. The van der Waals surface area contributed by atoms with Gasteiger partial charge in [-0.2, -0.15) is 0 Å². The van der Waals surface area contributed by atoms with Crippen LogP contribution < -0.4 is 9.47 Å². The molecule has 0 heterocycles. The second-order valence-electron chi connectivity index (χ2n) is 6.12. The maximum absolute atomic E-state index is 10.4. The van der Waals surface area contributed by atoms with Crippen molar-refractivity contribution in [1.29, 1.82) is 0 Å². The molecule has 0 saturated carbocycles. The van der Waals surface area contributed by atoms with E-state index < -0.39 is 6.10 Å². The minimum Gasteiger partial charge on any atom is -0.493 e. The second kappa shape index (κ2) is 9.30. The highest BCUT2D eigenvalue weighted by Crippen LogP contribution is 2.25. The lowest BCUT2D eigenvalue weighted by molar-refractivity contribution is 0.0535. The van der Waals surface area contributed by atoms with Crippen LogP contribution in [0.5, 0.6) is 11.5 Å². The van der Waals surface area contributed by atoms with Gasteiger partial charge < -0.3 is 14.6 Å². The lowest BCUT2D eigenvalue weighted by Crippen LogP contribution is -2.39. The van der Waals surface area contributed by atoms with Crippen LogP contribution in [0.25, 0.3) is 0 Å². The van der Waals surface area contributed by atoms with E-state index >= 15 is 0 Å². The second-order valence-corrected chi connectivity index (χ2v) is 6.12. The zero-order valence-electron chi connectivity index (χ0n) is 14.7. The van der Waals surface area contributed by atoms with Crippen molar-refractivity contribution in [1.82, 2.24) is 4.90 Å². The Morgan fingerprint density at radius 2 is 1.58 bits per heavy atom. The molecule has 1 unspecified atom stereocenters.